The van der Waals surface area contributed by atoms with Crippen molar-refractivity contribution in [1.29, 1.82) is 0 Å². The van der Waals surface area contributed by atoms with Crippen molar-refractivity contribution >= 4 is 5.96 Å². The zero-order valence-electron chi connectivity index (χ0n) is 10.8. The van der Waals surface area contributed by atoms with E-state index in [0.717, 1.165) is 25.5 Å². The van der Waals surface area contributed by atoms with Gasteiger partial charge in [0, 0.05) is 47.3 Å². The van der Waals surface area contributed by atoms with E-state index in [1.54, 1.807) is 0 Å². The molecule has 0 N–H and O–H groups in total. The number of hydrogen-bond donors (Lipinski definition) is 0. The molecule has 0 aromatic carbocycles. The van der Waals surface area contributed by atoms with E-state index < -0.39 is 0 Å². The first-order valence-electron chi connectivity index (χ1n) is 5.69. The molecule has 0 radical (unpaired) electrons. The van der Waals surface area contributed by atoms with Crippen LogP contribution in [0.3, 0.4) is 0 Å². The highest BCUT2D eigenvalue weighted by Gasteiger charge is 2.25. The van der Waals surface area contributed by atoms with Crippen LogP contribution in [0, 0.1) is 5.92 Å². The second kappa shape index (κ2) is 5.89. The van der Waals surface area contributed by atoms with Gasteiger partial charge in [0.2, 0.25) is 0 Å². The largest absolute Gasteiger partial charge is 0.374 e. The smallest absolute Gasteiger partial charge is 0.195 e. The topological polar surface area (TPSA) is 28.1 Å². The lowest BCUT2D eigenvalue weighted by Gasteiger charge is -2.23. The Morgan fingerprint density at radius 3 is 2.50 bits per heavy atom. The molecule has 1 fully saturated rings. The molecule has 2 atom stereocenters. The van der Waals surface area contributed by atoms with Crippen LogP contribution in [0.25, 0.3) is 0 Å². The van der Waals surface area contributed by atoms with Crippen molar-refractivity contribution < 1.29 is 4.74 Å². The van der Waals surface area contributed by atoms with E-state index in [1.807, 2.05) is 44.1 Å². The predicted octanol–water partition coefficient (Wildman–Crippen LogP) is 1.06. The first-order valence-corrected chi connectivity index (χ1v) is 5.69. The highest BCUT2D eigenvalue weighted by Crippen LogP contribution is 2.21. The number of nitrogens with zero attached hydrogens (tertiary/aromatic N) is 3. The monoisotopic (exact) mass is 225 g/mol. The quantitative estimate of drug-likeness (QED) is 0.408. The summed E-state index contributed by atoms with van der Waals surface area (Å²) in [6.07, 6.45) is 3.14. The lowest BCUT2D eigenvalue weighted by molar-refractivity contribution is 0.129. The van der Waals surface area contributed by atoms with E-state index in [0.29, 0.717) is 5.92 Å². The Kier molecular flexibility index (Phi) is 4.80. The summed E-state index contributed by atoms with van der Waals surface area (Å²) in [6.45, 7) is 5.43. The molecule has 1 saturated heterocycles. The van der Waals surface area contributed by atoms with Crippen LogP contribution in [-0.4, -0.2) is 63.2 Å². The summed E-state index contributed by atoms with van der Waals surface area (Å²) in [4.78, 5) is 8.70. The number of ether oxygens (including phenoxy) is 1. The van der Waals surface area contributed by atoms with Crippen molar-refractivity contribution in [2.45, 2.75) is 12.5 Å². The maximum absolute atomic E-state index is 5.55. The third-order valence-electron chi connectivity index (χ3n) is 2.76. The maximum Gasteiger partial charge on any atom is 0.195 e. The minimum Gasteiger partial charge on any atom is -0.374 e. The Morgan fingerprint density at radius 1 is 1.38 bits per heavy atom. The minimum atomic E-state index is 0.175. The molecule has 0 aromatic rings. The molecule has 1 heterocycles. The molecule has 0 aliphatic carbocycles. The van der Waals surface area contributed by atoms with Gasteiger partial charge in [-0.3, -0.25) is 4.99 Å². The van der Waals surface area contributed by atoms with Crippen LogP contribution in [0.5, 0.6) is 0 Å². The number of hydrogen-bond acceptors (Lipinski definition) is 2. The Morgan fingerprint density at radius 2 is 2.00 bits per heavy atom. The maximum atomic E-state index is 5.55. The van der Waals surface area contributed by atoms with Crippen molar-refractivity contribution in [3.63, 3.8) is 0 Å². The van der Waals surface area contributed by atoms with Gasteiger partial charge in [0.1, 0.15) is 0 Å². The predicted molar refractivity (Wildman–Crippen MR) is 67.7 cm³/mol. The molecule has 0 spiro atoms. The first kappa shape index (κ1) is 13.0. The van der Waals surface area contributed by atoms with Gasteiger partial charge in [-0.25, -0.2) is 0 Å². The molecule has 4 nitrogen and oxygen atoms in total. The van der Waals surface area contributed by atoms with Crippen molar-refractivity contribution in [2.24, 2.45) is 10.9 Å². The van der Waals surface area contributed by atoms with E-state index in [9.17, 15) is 0 Å². The summed E-state index contributed by atoms with van der Waals surface area (Å²) in [6, 6.07) is 0. The fourth-order valence-corrected chi connectivity index (χ4v) is 1.99. The lowest BCUT2D eigenvalue weighted by Crippen LogP contribution is -2.36. The zero-order chi connectivity index (χ0) is 12.1. The van der Waals surface area contributed by atoms with Gasteiger partial charge >= 0.3 is 0 Å². The molecular weight excluding hydrogens is 202 g/mol. The Bertz CT molecular complexity index is 251. The summed E-state index contributed by atoms with van der Waals surface area (Å²) >= 11 is 0. The average molecular weight is 225 g/mol. The fourth-order valence-electron chi connectivity index (χ4n) is 1.99. The van der Waals surface area contributed by atoms with Crippen LogP contribution >= 0.6 is 0 Å². The van der Waals surface area contributed by atoms with Gasteiger partial charge in [-0.2, -0.15) is 0 Å². The van der Waals surface area contributed by atoms with E-state index in [2.05, 4.69) is 11.6 Å². The Hall–Kier alpha value is -1.03. The molecule has 0 unspecified atom stereocenters. The standard InChI is InChI=1S/C12H23N3O/c1-6-11-10(7-8-16-11)9-13-12(14(2)3)15(4)5/h6,10-11H,1,7-9H2,2-5H3/t10-,11-/m0/s1. The second-order valence-corrected chi connectivity index (χ2v) is 4.55. The molecule has 4 heteroatoms. The van der Waals surface area contributed by atoms with Gasteiger partial charge in [0.25, 0.3) is 0 Å². The molecule has 1 aliphatic heterocycles. The Labute approximate surface area is 98.6 Å². The SMILES string of the molecule is C=C[C@@H]1OCC[C@H]1CN=C(N(C)C)N(C)C. The third-order valence-corrected chi connectivity index (χ3v) is 2.76. The first-order chi connectivity index (χ1) is 7.56. The summed E-state index contributed by atoms with van der Waals surface area (Å²) < 4.78 is 5.55. The lowest BCUT2D eigenvalue weighted by atomic mass is 10.0. The molecule has 1 rings (SSSR count). The van der Waals surface area contributed by atoms with Crippen LogP contribution in [0.4, 0.5) is 0 Å². The molecule has 0 amide bonds. The van der Waals surface area contributed by atoms with E-state index in [4.69, 9.17) is 4.74 Å². The molecule has 1 aliphatic rings. The van der Waals surface area contributed by atoms with Gasteiger partial charge in [-0.1, -0.05) is 6.08 Å². The van der Waals surface area contributed by atoms with Crippen LogP contribution in [0.1, 0.15) is 6.42 Å². The molecule has 16 heavy (non-hydrogen) atoms. The minimum absolute atomic E-state index is 0.175. The molecular formula is C12H23N3O. The molecule has 0 saturated carbocycles. The third kappa shape index (κ3) is 3.23. The Balaban J connectivity index is 2.59. The van der Waals surface area contributed by atoms with Gasteiger partial charge < -0.3 is 14.5 Å². The van der Waals surface area contributed by atoms with Crippen LogP contribution in [-0.2, 0) is 4.74 Å². The van der Waals surface area contributed by atoms with E-state index in [-0.39, 0.29) is 6.10 Å². The van der Waals surface area contributed by atoms with Crippen molar-refractivity contribution in [1.82, 2.24) is 9.80 Å². The number of guanidine groups is 1. The van der Waals surface area contributed by atoms with Crippen molar-refractivity contribution in [3.05, 3.63) is 12.7 Å². The normalized spacial score (nSPS) is 24.0. The van der Waals surface area contributed by atoms with Crippen LogP contribution in [0.2, 0.25) is 0 Å². The summed E-state index contributed by atoms with van der Waals surface area (Å²) in [5, 5.41) is 0. The van der Waals surface area contributed by atoms with Gasteiger partial charge in [-0.05, 0) is 6.42 Å². The van der Waals surface area contributed by atoms with Crippen molar-refractivity contribution in [2.75, 3.05) is 41.3 Å². The average Bonchev–Trinajstić information content (AvgIpc) is 2.64. The number of aliphatic imine (C=N–C) groups is 1. The van der Waals surface area contributed by atoms with E-state index in [1.165, 1.54) is 0 Å². The summed E-state index contributed by atoms with van der Waals surface area (Å²) in [5.41, 5.74) is 0. The summed E-state index contributed by atoms with van der Waals surface area (Å²) in [7, 11) is 8.04. The van der Waals surface area contributed by atoms with Crippen LogP contribution in [0.15, 0.2) is 17.6 Å². The zero-order valence-corrected chi connectivity index (χ0v) is 10.8. The van der Waals surface area contributed by atoms with Crippen LogP contribution < -0.4 is 0 Å². The van der Waals surface area contributed by atoms with E-state index >= 15 is 0 Å². The molecule has 92 valence electrons. The highest BCUT2D eigenvalue weighted by atomic mass is 16.5. The van der Waals surface area contributed by atoms with Gasteiger partial charge in [0.05, 0.1) is 6.10 Å². The second-order valence-electron chi connectivity index (χ2n) is 4.55. The number of rotatable bonds is 3. The summed E-state index contributed by atoms with van der Waals surface area (Å²) in [5.74, 6) is 1.47. The molecule has 0 bridgehead atoms. The molecule has 0 aromatic heterocycles. The van der Waals surface area contributed by atoms with Gasteiger partial charge in [0.15, 0.2) is 5.96 Å². The fraction of sp³-hybridized carbons (Fsp3) is 0.750. The van der Waals surface area contributed by atoms with Gasteiger partial charge in [-0.15, -0.1) is 6.58 Å². The highest BCUT2D eigenvalue weighted by molar-refractivity contribution is 5.79. The van der Waals surface area contributed by atoms with Crippen molar-refractivity contribution in [3.8, 4) is 0 Å².